The summed E-state index contributed by atoms with van der Waals surface area (Å²) in [6.07, 6.45) is 4.97. The van der Waals surface area contributed by atoms with Gasteiger partial charge in [0.1, 0.15) is 5.69 Å². The van der Waals surface area contributed by atoms with Gasteiger partial charge in [0.05, 0.1) is 4.90 Å². The van der Waals surface area contributed by atoms with Crippen molar-refractivity contribution in [2.75, 3.05) is 0 Å². The molecule has 0 aliphatic carbocycles. The highest BCUT2D eigenvalue weighted by atomic mass is 32.2. The zero-order valence-corrected chi connectivity index (χ0v) is 16.7. The van der Waals surface area contributed by atoms with E-state index in [9.17, 15) is 13.2 Å². The summed E-state index contributed by atoms with van der Waals surface area (Å²) in [5, 5.41) is -0.540. The molecular weight excluding hydrogens is 396 g/mol. The molecule has 7 nitrogen and oxygen atoms in total. The van der Waals surface area contributed by atoms with E-state index in [2.05, 4.69) is 4.98 Å². The Labute approximate surface area is 168 Å². The molecule has 144 valence electrons. The van der Waals surface area contributed by atoms with Crippen LogP contribution in [0.25, 0.3) is 0 Å². The molecule has 0 aliphatic rings. The van der Waals surface area contributed by atoms with Crippen molar-refractivity contribution in [2.24, 2.45) is 5.73 Å². The van der Waals surface area contributed by atoms with Gasteiger partial charge in [-0.3, -0.25) is 9.78 Å². The maximum atomic E-state index is 13.1. The van der Waals surface area contributed by atoms with Crippen molar-refractivity contribution in [3.63, 3.8) is 0 Å². The molecular formula is C19H18N4O3S2. The van der Waals surface area contributed by atoms with Crippen molar-refractivity contribution in [2.45, 2.75) is 18.4 Å². The molecule has 0 saturated heterocycles. The number of aromatic nitrogens is 2. The van der Waals surface area contributed by atoms with Gasteiger partial charge >= 0.3 is 0 Å². The zero-order valence-electron chi connectivity index (χ0n) is 15.0. The smallest absolute Gasteiger partial charge is 0.290 e. The van der Waals surface area contributed by atoms with Gasteiger partial charge in [0, 0.05) is 25.1 Å². The molecule has 0 radical (unpaired) electrons. The van der Waals surface area contributed by atoms with Crippen molar-refractivity contribution < 1.29 is 13.2 Å². The Balaban J connectivity index is 1.98. The fourth-order valence-corrected chi connectivity index (χ4v) is 4.30. The van der Waals surface area contributed by atoms with Crippen LogP contribution in [0.1, 0.15) is 21.6 Å². The second kappa shape index (κ2) is 7.91. The highest BCUT2D eigenvalue weighted by molar-refractivity contribution is 7.92. The molecule has 2 aromatic heterocycles. The Morgan fingerprint density at radius 1 is 1.14 bits per heavy atom. The fraction of sp³-hybridized carbons (Fsp3) is 0.105. The van der Waals surface area contributed by atoms with Crippen LogP contribution in [-0.4, -0.2) is 33.3 Å². The number of carbonyl (C=O) groups excluding carboxylic acids is 1. The Kier molecular flexibility index (Phi) is 5.57. The number of hydrogen-bond donors (Lipinski definition) is 1. The maximum Gasteiger partial charge on any atom is 0.290 e. The molecule has 0 bridgehead atoms. The minimum Gasteiger partial charge on any atom is -0.375 e. The van der Waals surface area contributed by atoms with E-state index >= 15 is 0 Å². The predicted molar refractivity (Wildman–Crippen MR) is 109 cm³/mol. The molecule has 0 fully saturated rings. The van der Waals surface area contributed by atoms with Gasteiger partial charge in [-0.1, -0.05) is 17.7 Å². The molecule has 0 atom stereocenters. The number of hydrogen-bond acceptors (Lipinski definition) is 5. The summed E-state index contributed by atoms with van der Waals surface area (Å²) < 4.78 is 28.1. The number of carbonyl (C=O) groups is 1. The summed E-state index contributed by atoms with van der Waals surface area (Å²) in [5.41, 5.74) is 7.59. The summed E-state index contributed by atoms with van der Waals surface area (Å²) in [5.74, 6) is -0.813. The first-order valence-corrected chi connectivity index (χ1v) is 10.2. The van der Waals surface area contributed by atoms with Gasteiger partial charge in [-0.15, -0.1) is 0 Å². The number of sulfonamides is 1. The average Bonchev–Trinajstić information content (AvgIpc) is 3.10. The number of nitrogens with zero attached hydrogens (tertiary/aromatic N) is 3. The average molecular weight is 415 g/mol. The number of nitrogens with two attached hydrogens (primary N) is 1. The Morgan fingerprint density at radius 3 is 2.39 bits per heavy atom. The second-order valence-electron chi connectivity index (χ2n) is 6.10. The fourth-order valence-electron chi connectivity index (χ4n) is 2.68. The molecule has 3 rings (SSSR count). The topological polar surface area (TPSA) is 98.3 Å². The standard InChI is InChI=1S/C19H18N4O3S2/c1-14-4-6-16(7-5-14)28(25,26)23(19(20)27)18(24)17-3-2-12-22(17)13-15-8-10-21-11-9-15/h2-12H,13H2,1H3,(H2,20,27). The van der Waals surface area contributed by atoms with E-state index in [1.165, 1.54) is 18.2 Å². The van der Waals surface area contributed by atoms with E-state index in [0.717, 1.165) is 11.1 Å². The SMILES string of the molecule is Cc1ccc(S(=O)(=O)N(C(=O)c2cccn2Cc2ccncc2)C(N)=S)cc1. The van der Waals surface area contributed by atoms with Gasteiger partial charge in [-0.05, 0) is 61.1 Å². The Hall–Kier alpha value is -3.04. The summed E-state index contributed by atoms with van der Waals surface area (Å²) in [6, 6.07) is 12.9. The first-order valence-electron chi connectivity index (χ1n) is 8.30. The van der Waals surface area contributed by atoms with E-state index in [1.807, 2.05) is 19.1 Å². The van der Waals surface area contributed by atoms with Gasteiger partial charge in [0.15, 0.2) is 5.11 Å². The lowest BCUT2D eigenvalue weighted by molar-refractivity contribution is 0.0904. The molecule has 3 aromatic rings. The van der Waals surface area contributed by atoms with Crippen LogP contribution in [0.4, 0.5) is 0 Å². The van der Waals surface area contributed by atoms with Crippen molar-refractivity contribution in [3.05, 3.63) is 83.9 Å². The minimum atomic E-state index is -4.24. The number of thiocarbonyl (C=S) groups is 1. The number of pyridine rings is 1. The van der Waals surface area contributed by atoms with Crippen molar-refractivity contribution in [1.82, 2.24) is 13.9 Å². The van der Waals surface area contributed by atoms with E-state index in [-0.39, 0.29) is 10.6 Å². The van der Waals surface area contributed by atoms with Crippen LogP contribution in [0.15, 0.2) is 72.0 Å². The third-order valence-corrected chi connectivity index (χ3v) is 6.10. The van der Waals surface area contributed by atoms with E-state index in [4.69, 9.17) is 18.0 Å². The van der Waals surface area contributed by atoms with E-state index in [0.29, 0.717) is 10.8 Å². The number of rotatable bonds is 5. The molecule has 2 heterocycles. The van der Waals surface area contributed by atoms with Crippen LogP contribution >= 0.6 is 12.2 Å². The van der Waals surface area contributed by atoms with Gasteiger partial charge in [-0.2, -0.15) is 4.31 Å². The van der Waals surface area contributed by atoms with Gasteiger partial charge in [0.2, 0.25) is 0 Å². The Morgan fingerprint density at radius 2 is 1.79 bits per heavy atom. The highest BCUT2D eigenvalue weighted by Crippen LogP contribution is 2.20. The summed E-state index contributed by atoms with van der Waals surface area (Å²) in [6.45, 7) is 2.20. The molecule has 1 aromatic carbocycles. The summed E-state index contributed by atoms with van der Waals surface area (Å²) in [7, 11) is -4.24. The first-order chi connectivity index (χ1) is 13.3. The third-order valence-electron chi connectivity index (χ3n) is 4.09. The quantitative estimate of drug-likeness (QED) is 0.644. The van der Waals surface area contributed by atoms with Crippen LogP contribution < -0.4 is 5.73 Å². The largest absolute Gasteiger partial charge is 0.375 e. The highest BCUT2D eigenvalue weighted by Gasteiger charge is 2.33. The van der Waals surface area contributed by atoms with E-state index in [1.54, 1.807) is 41.4 Å². The monoisotopic (exact) mass is 414 g/mol. The number of aryl methyl sites for hydroxylation is 1. The molecule has 0 saturated carbocycles. The van der Waals surface area contributed by atoms with Crippen LogP contribution in [-0.2, 0) is 16.6 Å². The second-order valence-corrected chi connectivity index (χ2v) is 8.31. The molecule has 9 heteroatoms. The normalized spacial score (nSPS) is 11.2. The molecule has 0 unspecified atom stereocenters. The molecule has 0 aliphatic heterocycles. The maximum absolute atomic E-state index is 13.1. The molecule has 2 N–H and O–H groups in total. The molecule has 1 amide bonds. The van der Waals surface area contributed by atoms with Crippen molar-refractivity contribution in [3.8, 4) is 0 Å². The third kappa shape index (κ3) is 3.95. The lowest BCUT2D eigenvalue weighted by Gasteiger charge is -2.21. The Bertz CT molecular complexity index is 1110. The van der Waals surface area contributed by atoms with Crippen molar-refractivity contribution in [1.29, 1.82) is 0 Å². The van der Waals surface area contributed by atoms with Gasteiger partial charge in [-0.25, -0.2) is 8.42 Å². The van der Waals surface area contributed by atoms with Crippen LogP contribution in [0.2, 0.25) is 0 Å². The first kappa shape index (κ1) is 19.7. The summed E-state index contributed by atoms with van der Waals surface area (Å²) >= 11 is 4.90. The van der Waals surface area contributed by atoms with Crippen LogP contribution in [0, 0.1) is 6.92 Å². The lowest BCUT2D eigenvalue weighted by Crippen LogP contribution is -2.45. The summed E-state index contributed by atoms with van der Waals surface area (Å²) in [4.78, 5) is 17.0. The molecule has 0 spiro atoms. The van der Waals surface area contributed by atoms with Crippen LogP contribution in [0.5, 0.6) is 0 Å². The predicted octanol–water partition coefficient (Wildman–Crippen LogP) is 2.31. The molecule has 28 heavy (non-hydrogen) atoms. The van der Waals surface area contributed by atoms with Crippen molar-refractivity contribution >= 4 is 33.3 Å². The van der Waals surface area contributed by atoms with Gasteiger partial charge < -0.3 is 10.3 Å². The van der Waals surface area contributed by atoms with Crippen LogP contribution in [0.3, 0.4) is 0 Å². The number of benzene rings is 1. The minimum absolute atomic E-state index is 0.0634. The zero-order chi connectivity index (χ0) is 20.3. The lowest BCUT2D eigenvalue weighted by atomic mass is 10.2. The van der Waals surface area contributed by atoms with E-state index < -0.39 is 21.0 Å². The number of amides is 1. The van der Waals surface area contributed by atoms with Gasteiger partial charge in [0.25, 0.3) is 15.9 Å².